The lowest BCUT2D eigenvalue weighted by atomic mass is 10.1. The zero-order valence-electron chi connectivity index (χ0n) is 9.63. The van der Waals surface area contributed by atoms with Crippen LogP contribution in [0.2, 0.25) is 0 Å². The minimum Gasteiger partial charge on any atom is -0.310 e. The normalized spacial score (nSPS) is 13.2. The first-order valence-corrected chi connectivity index (χ1v) is 5.44. The van der Waals surface area contributed by atoms with Crippen molar-refractivity contribution < 1.29 is 8.78 Å². The average Bonchev–Trinajstić information content (AvgIpc) is 2.24. The van der Waals surface area contributed by atoms with Gasteiger partial charge in [0.15, 0.2) is 0 Å². The first-order valence-electron chi connectivity index (χ1n) is 5.44. The van der Waals surface area contributed by atoms with Gasteiger partial charge in [-0.1, -0.05) is 18.2 Å². The second-order valence-corrected chi connectivity index (χ2v) is 3.70. The molecule has 1 aromatic carbocycles. The number of halogens is 2. The second-order valence-electron chi connectivity index (χ2n) is 3.70. The Balaban J connectivity index is 2.55. The van der Waals surface area contributed by atoms with E-state index in [2.05, 4.69) is 5.32 Å². The van der Waals surface area contributed by atoms with Crippen LogP contribution in [0.5, 0.6) is 0 Å². The predicted octanol–water partition coefficient (Wildman–Crippen LogP) is 3.58. The van der Waals surface area contributed by atoms with E-state index in [0.717, 1.165) is 19.0 Å². The molecule has 16 heavy (non-hydrogen) atoms. The van der Waals surface area contributed by atoms with Gasteiger partial charge in [-0.3, -0.25) is 0 Å². The van der Waals surface area contributed by atoms with Crippen LogP contribution >= 0.6 is 0 Å². The van der Waals surface area contributed by atoms with E-state index < -0.39 is 11.6 Å². The van der Waals surface area contributed by atoms with Gasteiger partial charge in [-0.2, -0.15) is 0 Å². The number of nitrogens with one attached hydrogen (secondary N) is 1. The van der Waals surface area contributed by atoms with Crippen molar-refractivity contribution in [2.45, 2.75) is 26.3 Å². The zero-order valence-corrected chi connectivity index (χ0v) is 9.63. The van der Waals surface area contributed by atoms with Crippen LogP contribution in [0.15, 0.2) is 30.4 Å². The molecule has 0 amide bonds. The summed E-state index contributed by atoms with van der Waals surface area (Å²) in [4.78, 5) is 0. The third-order valence-electron chi connectivity index (χ3n) is 2.43. The highest BCUT2D eigenvalue weighted by atomic mass is 19.1. The Morgan fingerprint density at radius 1 is 1.38 bits per heavy atom. The molecule has 0 fully saturated rings. The maximum atomic E-state index is 13.4. The smallest absolute Gasteiger partial charge is 0.130 e. The number of allylic oxidation sites excluding steroid dienone is 1. The first-order chi connectivity index (χ1) is 7.65. The van der Waals surface area contributed by atoms with Crippen molar-refractivity contribution in [2.24, 2.45) is 0 Å². The van der Waals surface area contributed by atoms with Crippen LogP contribution < -0.4 is 5.32 Å². The molecule has 0 spiro atoms. The van der Waals surface area contributed by atoms with E-state index >= 15 is 0 Å². The summed E-state index contributed by atoms with van der Waals surface area (Å²) in [7, 11) is 0. The van der Waals surface area contributed by atoms with Crippen LogP contribution in [0.3, 0.4) is 0 Å². The molecule has 0 heterocycles. The summed E-state index contributed by atoms with van der Waals surface area (Å²) < 4.78 is 26.1. The SMILES string of the molecule is C/C=C/CCNC(C)c1ccc(F)cc1F. The highest BCUT2D eigenvalue weighted by Crippen LogP contribution is 2.17. The van der Waals surface area contributed by atoms with Crippen molar-refractivity contribution in [3.63, 3.8) is 0 Å². The molecule has 0 saturated heterocycles. The molecule has 88 valence electrons. The van der Waals surface area contributed by atoms with Crippen molar-refractivity contribution in [3.05, 3.63) is 47.5 Å². The molecule has 1 atom stereocenters. The highest BCUT2D eigenvalue weighted by molar-refractivity contribution is 5.21. The van der Waals surface area contributed by atoms with Gasteiger partial charge in [0.05, 0.1) is 0 Å². The average molecular weight is 225 g/mol. The fourth-order valence-corrected chi connectivity index (χ4v) is 1.51. The summed E-state index contributed by atoms with van der Waals surface area (Å²) >= 11 is 0. The lowest BCUT2D eigenvalue weighted by molar-refractivity contribution is 0.521. The van der Waals surface area contributed by atoms with Gasteiger partial charge < -0.3 is 5.32 Å². The largest absolute Gasteiger partial charge is 0.310 e. The Labute approximate surface area is 95.2 Å². The van der Waals surface area contributed by atoms with E-state index in [1.807, 2.05) is 26.0 Å². The Kier molecular flexibility index (Phi) is 5.12. The van der Waals surface area contributed by atoms with Crippen LogP contribution in [-0.4, -0.2) is 6.54 Å². The van der Waals surface area contributed by atoms with Gasteiger partial charge in [0.1, 0.15) is 11.6 Å². The molecule has 1 N–H and O–H groups in total. The molecule has 1 nitrogen and oxygen atoms in total. The van der Waals surface area contributed by atoms with Crippen molar-refractivity contribution in [1.29, 1.82) is 0 Å². The van der Waals surface area contributed by atoms with Crippen molar-refractivity contribution in [3.8, 4) is 0 Å². The lowest BCUT2D eigenvalue weighted by Gasteiger charge is -2.14. The number of rotatable bonds is 5. The number of hydrogen-bond donors (Lipinski definition) is 1. The van der Waals surface area contributed by atoms with Gasteiger partial charge in [-0.25, -0.2) is 8.78 Å². The fourth-order valence-electron chi connectivity index (χ4n) is 1.51. The summed E-state index contributed by atoms with van der Waals surface area (Å²) in [5.41, 5.74) is 0.502. The fraction of sp³-hybridized carbons (Fsp3) is 0.385. The van der Waals surface area contributed by atoms with Gasteiger partial charge >= 0.3 is 0 Å². The van der Waals surface area contributed by atoms with Gasteiger partial charge in [0, 0.05) is 17.7 Å². The monoisotopic (exact) mass is 225 g/mol. The molecular weight excluding hydrogens is 208 g/mol. The number of hydrogen-bond acceptors (Lipinski definition) is 1. The van der Waals surface area contributed by atoms with Crippen LogP contribution in [-0.2, 0) is 0 Å². The van der Waals surface area contributed by atoms with E-state index in [0.29, 0.717) is 5.56 Å². The molecule has 1 aromatic rings. The molecule has 1 rings (SSSR count). The van der Waals surface area contributed by atoms with Crippen LogP contribution in [0.25, 0.3) is 0 Å². The minimum absolute atomic E-state index is 0.106. The van der Waals surface area contributed by atoms with Gasteiger partial charge in [-0.05, 0) is 32.9 Å². The molecule has 1 unspecified atom stereocenters. The Morgan fingerprint density at radius 2 is 2.12 bits per heavy atom. The van der Waals surface area contributed by atoms with Crippen molar-refractivity contribution in [1.82, 2.24) is 5.32 Å². The topological polar surface area (TPSA) is 12.0 Å². The molecule has 0 aromatic heterocycles. The predicted molar refractivity (Wildman–Crippen MR) is 62.2 cm³/mol. The Hall–Kier alpha value is -1.22. The lowest BCUT2D eigenvalue weighted by Crippen LogP contribution is -2.20. The summed E-state index contributed by atoms with van der Waals surface area (Å²) in [5.74, 6) is -1.03. The zero-order chi connectivity index (χ0) is 12.0. The second kappa shape index (κ2) is 6.38. The Morgan fingerprint density at radius 3 is 2.75 bits per heavy atom. The van der Waals surface area contributed by atoms with E-state index in [1.165, 1.54) is 12.1 Å². The molecule has 0 aliphatic rings. The quantitative estimate of drug-likeness (QED) is 0.596. The van der Waals surface area contributed by atoms with Crippen LogP contribution in [0, 0.1) is 11.6 Å². The first kappa shape index (κ1) is 12.8. The summed E-state index contributed by atoms with van der Waals surface area (Å²) in [6.07, 6.45) is 4.93. The van der Waals surface area contributed by atoms with Crippen molar-refractivity contribution >= 4 is 0 Å². The van der Waals surface area contributed by atoms with E-state index in [9.17, 15) is 8.78 Å². The van der Waals surface area contributed by atoms with Gasteiger partial charge in [0.25, 0.3) is 0 Å². The molecule has 0 aliphatic heterocycles. The van der Waals surface area contributed by atoms with Crippen molar-refractivity contribution in [2.75, 3.05) is 6.54 Å². The third kappa shape index (κ3) is 3.74. The minimum atomic E-state index is -0.539. The summed E-state index contributed by atoms with van der Waals surface area (Å²) in [6.45, 7) is 4.61. The van der Waals surface area contributed by atoms with E-state index in [4.69, 9.17) is 0 Å². The van der Waals surface area contributed by atoms with Gasteiger partial charge in [-0.15, -0.1) is 0 Å². The van der Waals surface area contributed by atoms with E-state index in [-0.39, 0.29) is 6.04 Å². The molecule has 0 saturated carbocycles. The standard InChI is InChI=1S/C13H17F2N/c1-3-4-5-8-16-10(2)12-7-6-11(14)9-13(12)15/h3-4,6-7,9-10,16H,5,8H2,1-2H3/b4-3+. The summed E-state index contributed by atoms with van der Waals surface area (Å²) in [6, 6.07) is 3.57. The molecule has 0 aliphatic carbocycles. The molecule has 0 bridgehead atoms. The third-order valence-corrected chi connectivity index (χ3v) is 2.43. The van der Waals surface area contributed by atoms with Crippen LogP contribution in [0.1, 0.15) is 31.9 Å². The Bertz CT molecular complexity index is 361. The molecule has 0 radical (unpaired) electrons. The highest BCUT2D eigenvalue weighted by Gasteiger charge is 2.10. The summed E-state index contributed by atoms with van der Waals surface area (Å²) in [5, 5.41) is 3.18. The maximum absolute atomic E-state index is 13.4. The van der Waals surface area contributed by atoms with E-state index in [1.54, 1.807) is 0 Å². The number of benzene rings is 1. The van der Waals surface area contributed by atoms with Gasteiger partial charge in [0.2, 0.25) is 0 Å². The molecule has 3 heteroatoms. The van der Waals surface area contributed by atoms with Crippen LogP contribution in [0.4, 0.5) is 8.78 Å². The maximum Gasteiger partial charge on any atom is 0.130 e. The molecular formula is C13H17F2N.